The molecule has 0 amide bonds. The van der Waals surface area contributed by atoms with Crippen LogP contribution in [0.15, 0.2) is 54.7 Å². The van der Waals surface area contributed by atoms with Gasteiger partial charge in [-0.3, -0.25) is 4.18 Å². The Kier molecular flexibility index (Phi) is 5.30. The van der Waals surface area contributed by atoms with E-state index < -0.39 is 16.4 Å². The second-order valence-electron chi connectivity index (χ2n) is 7.94. The van der Waals surface area contributed by atoms with Crippen molar-refractivity contribution in [3.8, 4) is 17.1 Å². The van der Waals surface area contributed by atoms with Crippen LogP contribution in [0.2, 0.25) is 0 Å². The Morgan fingerprint density at radius 2 is 1.94 bits per heavy atom. The van der Waals surface area contributed by atoms with Gasteiger partial charge in [-0.25, -0.2) is 15.1 Å². The maximum atomic E-state index is 11.0. The number of nitrogens with two attached hydrogens (primary N) is 1. The summed E-state index contributed by atoms with van der Waals surface area (Å²) in [6.07, 6.45) is 1.36. The summed E-state index contributed by atoms with van der Waals surface area (Å²) in [5.41, 5.74) is 2.15. The van der Waals surface area contributed by atoms with Crippen molar-refractivity contribution in [2.24, 2.45) is 11.1 Å². The van der Waals surface area contributed by atoms with Crippen LogP contribution in [0.3, 0.4) is 0 Å². The van der Waals surface area contributed by atoms with Gasteiger partial charge in [0.2, 0.25) is 0 Å². The molecule has 5 rings (SSSR count). The lowest BCUT2D eigenvalue weighted by atomic mass is 10.0. The second kappa shape index (κ2) is 8.14. The SMILES string of the molecule is NS(=O)(=O)OC[C@@H]1C[C@@H](Oc2ccnc3nc(-c4cccc5ccccc45)[nH]c23)C[C@@H]1O. The van der Waals surface area contributed by atoms with E-state index in [2.05, 4.69) is 31.3 Å². The molecule has 1 fully saturated rings. The molecule has 4 aromatic rings. The second-order valence-corrected chi connectivity index (χ2v) is 9.16. The molecule has 166 valence electrons. The van der Waals surface area contributed by atoms with Crippen LogP contribution in [0, 0.1) is 5.92 Å². The first-order valence-corrected chi connectivity index (χ1v) is 11.7. The number of aliphatic hydroxyl groups is 1. The zero-order valence-electron chi connectivity index (χ0n) is 17.0. The summed E-state index contributed by atoms with van der Waals surface area (Å²) < 4.78 is 32.9. The number of aliphatic hydroxyl groups excluding tert-OH is 1. The predicted octanol–water partition coefficient (Wildman–Crippen LogP) is 2.52. The molecular weight excluding hydrogens is 432 g/mol. The van der Waals surface area contributed by atoms with Crippen LogP contribution in [0.5, 0.6) is 5.75 Å². The molecule has 1 aliphatic rings. The van der Waals surface area contributed by atoms with E-state index in [1.54, 1.807) is 12.3 Å². The molecule has 2 heterocycles. The number of hydrogen-bond donors (Lipinski definition) is 3. The molecule has 32 heavy (non-hydrogen) atoms. The highest BCUT2D eigenvalue weighted by Crippen LogP contribution is 2.34. The molecular formula is C22H22N4O5S. The van der Waals surface area contributed by atoms with Crippen molar-refractivity contribution >= 4 is 32.2 Å². The minimum Gasteiger partial charge on any atom is -0.488 e. The topological polar surface area (TPSA) is 140 Å². The fourth-order valence-electron chi connectivity index (χ4n) is 4.24. The Hall–Kier alpha value is -3.05. The van der Waals surface area contributed by atoms with Crippen LogP contribution < -0.4 is 9.88 Å². The smallest absolute Gasteiger partial charge is 0.333 e. The highest BCUT2D eigenvalue weighted by molar-refractivity contribution is 7.84. The predicted molar refractivity (Wildman–Crippen MR) is 119 cm³/mol. The minimum atomic E-state index is -4.05. The maximum Gasteiger partial charge on any atom is 0.333 e. The number of pyridine rings is 1. The first kappa shape index (κ1) is 20.8. The van der Waals surface area contributed by atoms with Crippen molar-refractivity contribution in [1.29, 1.82) is 0 Å². The number of aromatic nitrogens is 3. The van der Waals surface area contributed by atoms with Crippen molar-refractivity contribution < 1.29 is 22.4 Å². The highest BCUT2D eigenvalue weighted by Gasteiger charge is 2.35. The molecule has 4 N–H and O–H groups in total. The largest absolute Gasteiger partial charge is 0.488 e. The fourth-order valence-corrected chi connectivity index (χ4v) is 4.60. The number of benzene rings is 2. The quantitative estimate of drug-likeness (QED) is 0.406. The third-order valence-corrected chi connectivity index (χ3v) is 6.22. The van der Waals surface area contributed by atoms with Gasteiger partial charge in [0.1, 0.15) is 23.2 Å². The van der Waals surface area contributed by atoms with E-state index in [-0.39, 0.29) is 18.6 Å². The summed E-state index contributed by atoms with van der Waals surface area (Å²) in [7, 11) is -4.05. The summed E-state index contributed by atoms with van der Waals surface area (Å²) >= 11 is 0. The van der Waals surface area contributed by atoms with E-state index in [4.69, 9.17) is 9.88 Å². The van der Waals surface area contributed by atoms with Gasteiger partial charge in [0.15, 0.2) is 5.65 Å². The number of hydrogen-bond acceptors (Lipinski definition) is 7. The van der Waals surface area contributed by atoms with Crippen molar-refractivity contribution in [3.63, 3.8) is 0 Å². The van der Waals surface area contributed by atoms with Gasteiger partial charge < -0.3 is 14.8 Å². The van der Waals surface area contributed by atoms with E-state index in [1.165, 1.54) is 0 Å². The Labute approximate surface area is 184 Å². The monoisotopic (exact) mass is 454 g/mol. The summed E-state index contributed by atoms with van der Waals surface area (Å²) in [5, 5.41) is 17.3. The van der Waals surface area contributed by atoms with E-state index in [1.807, 2.05) is 30.3 Å². The minimum absolute atomic E-state index is 0.180. The number of rotatable bonds is 6. The first-order chi connectivity index (χ1) is 15.4. The third-order valence-electron chi connectivity index (χ3n) is 5.75. The Morgan fingerprint density at radius 3 is 2.78 bits per heavy atom. The molecule has 0 radical (unpaired) electrons. The van der Waals surface area contributed by atoms with Crippen LogP contribution in [0.25, 0.3) is 33.3 Å². The van der Waals surface area contributed by atoms with Crippen LogP contribution in [-0.4, -0.2) is 47.3 Å². The lowest BCUT2D eigenvalue weighted by Gasteiger charge is -2.14. The average molecular weight is 455 g/mol. The third kappa shape index (κ3) is 4.17. The summed E-state index contributed by atoms with van der Waals surface area (Å²) in [6.45, 7) is -0.180. The number of ether oxygens (including phenoxy) is 1. The lowest BCUT2D eigenvalue weighted by Crippen LogP contribution is -2.24. The molecule has 0 unspecified atom stereocenters. The standard InChI is InChI=1S/C22H22N4O5S/c23-32(28,29)30-12-14-10-15(11-18(14)27)31-19-8-9-24-22-20(19)25-21(26-22)17-7-3-5-13-4-1-2-6-16(13)17/h1-9,14-15,18,27H,10-12H2,(H2,23,28,29)(H,24,25,26)/t14-,15+,18-/m0/s1. The van der Waals surface area contributed by atoms with Crippen LogP contribution in [0.1, 0.15) is 12.8 Å². The van der Waals surface area contributed by atoms with Gasteiger partial charge >= 0.3 is 10.3 Å². The van der Waals surface area contributed by atoms with E-state index in [0.717, 1.165) is 16.3 Å². The average Bonchev–Trinajstić information content (AvgIpc) is 3.35. The molecule has 9 nitrogen and oxygen atoms in total. The summed E-state index contributed by atoms with van der Waals surface area (Å²) in [5.74, 6) is 0.870. The van der Waals surface area contributed by atoms with Crippen molar-refractivity contribution in [1.82, 2.24) is 15.0 Å². The van der Waals surface area contributed by atoms with Gasteiger partial charge in [0.05, 0.1) is 12.7 Å². The van der Waals surface area contributed by atoms with Crippen LogP contribution >= 0.6 is 0 Å². The number of nitrogens with zero attached hydrogens (tertiary/aromatic N) is 2. The summed E-state index contributed by atoms with van der Waals surface area (Å²) in [6, 6.07) is 15.9. The molecule has 2 aromatic carbocycles. The molecule has 0 saturated heterocycles. The number of H-pyrrole nitrogens is 1. The van der Waals surface area contributed by atoms with Crippen molar-refractivity contribution in [2.75, 3.05) is 6.61 Å². The van der Waals surface area contributed by atoms with Gasteiger partial charge in [-0.05, 0) is 17.2 Å². The molecule has 1 aliphatic carbocycles. The molecule has 0 spiro atoms. The van der Waals surface area contributed by atoms with Gasteiger partial charge in [0.25, 0.3) is 0 Å². The number of imidazole rings is 1. The Balaban J connectivity index is 1.41. The molecule has 0 bridgehead atoms. The molecule has 3 atom stereocenters. The van der Waals surface area contributed by atoms with E-state index in [9.17, 15) is 13.5 Å². The molecule has 1 saturated carbocycles. The normalized spacial score (nSPS) is 21.4. The molecule has 10 heteroatoms. The lowest BCUT2D eigenvalue weighted by molar-refractivity contribution is 0.0988. The summed E-state index contributed by atoms with van der Waals surface area (Å²) in [4.78, 5) is 12.3. The Morgan fingerprint density at radius 1 is 1.12 bits per heavy atom. The van der Waals surface area contributed by atoms with Gasteiger partial charge in [0, 0.05) is 30.2 Å². The zero-order chi connectivity index (χ0) is 22.3. The number of aromatic amines is 1. The molecule has 2 aromatic heterocycles. The van der Waals surface area contributed by atoms with Gasteiger partial charge in [-0.15, -0.1) is 0 Å². The van der Waals surface area contributed by atoms with E-state index >= 15 is 0 Å². The fraction of sp³-hybridized carbons (Fsp3) is 0.273. The van der Waals surface area contributed by atoms with Gasteiger partial charge in [-0.1, -0.05) is 42.5 Å². The van der Waals surface area contributed by atoms with Gasteiger partial charge in [-0.2, -0.15) is 8.42 Å². The maximum absolute atomic E-state index is 11.0. The van der Waals surface area contributed by atoms with Crippen LogP contribution in [0.4, 0.5) is 0 Å². The number of nitrogens with one attached hydrogen (secondary N) is 1. The van der Waals surface area contributed by atoms with Crippen molar-refractivity contribution in [2.45, 2.75) is 25.0 Å². The number of fused-ring (bicyclic) bond motifs is 2. The van der Waals surface area contributed by atoms with E-state index in [0.29, 0.717) is 35.6 Å². The molecule has 0 aliphatic heterocycles. The van der Waals surface area contributed by atoms with Crippen molar-refractivity contribution in [3.05, 3.63) is 54.7 Å². The zero-order valence-corrected chi connectivity index (χ0v) is 17.8. The Bertz CT molecular complexity index is 1380. The first-order valence-electron chi connectivity index (χ1n) is 10.2. The van der Waals surface area contributed by atoms with Crippen LogP contribution in [-0.2, 0) is 14.5 Å². The highest BCUT2D eigenvalue weighted by atomic mass is 32.2.